The van der Waals surface area contributed by atoms with E-state index in [9.17, 15) is 19.8 Å². The minimum absolute atomic E-state index is 0.0165. The van der Waals surface area contributed by atoms with Gasteiger partial charge in [-0.25, -0.2) is 0 Å². The predicted molar refractivity (Wildman–Crippen MR) is 139 cm³/mol. The van der Waals surface area contributed by atoms with Crippen LogP contribution in [0.1, 0.15) is 74.6 Å². The monoisotopic (exact) mass is 492 g/mol. The zero-order chi connectivity index (χ0) is 25.5. The van der Waals surface area contributed by atoms with E-state index in [1.54, 1.807) is 35.2 Å². The normalized spacial score (nSPS) is 27.9. The van der Waals surface area contributed by atoms with E-state index in [1.807, 2.05) is 43.3 Å². The Bertz CT molecular complexity index is 1530. The SMILES string of the molecule is Cc1ccc(O)c([C@H]2C3=C(N[C@@H]4CCCC[C@H]4N4C(=O)c5ccccc5[C@]24O)c2ccccc2C3=O)c1. The molecule has 0 radical (unpaired) electrons. The van der Waals surface area contributed by atoms with E-state index in [2.05, 4.69) is 5.32 Å². The van der Waals surface area contributed by atoms with Gasteiger partial charge < -0.3 is 20.4 Å². The van der Waals surface area contributed by atoms with E-state index in [0.717, 1.165) is 36.8 Å². The van der Waals surface area contributed by atoms with Crippen LogP contribution in [-0.4, -0.2) is 38.9 Å². The van der Waals surface area contributed by atoms with E-state index in [-0.39, 0.29) is 29.5 Å². The number of aryl methyl sites for hydroxylation is 1. The zero-order valence-corrected chi connectivity index (χ0v) is 20.6. The molecular formula is C31H28N2O4. The fourth-order valence-electron chi connectivity index (χ4n) is 7.09. The molecule has 0 saturated heterocycles. The van der Waals surface area contributed by atoms with Crippen molar-refractivity contribution in [1.82, 2.24) is 10.2 Å². The summed E-state index contributed by atoms with van der Waals surface area (Å²) in [6.07, 6.45) is 3.52. The molecule has 0 spiro atoms. The Balaban J connectivity index is 1.61. The molecule has 4 aliphatic rings. The van der Waals surface area contributed by atoms with Gasteiger partial charge in [0.05, 0.1) is 17.7 Å². The maximum absolute atomic E-state index is 14.2. The molecule has 0 bridgehead atoms. The molecule has 2 aliphatic carbocycles. The topological polar surface area (TPSA) is 89.9 Å². The lowest BCUT2D eigenvalue weighted by molar-refractivity contribution is -0.124. The number of amides is 1. The summed E-state index contributed by atoms with van der Waals surface area (Å²) in [6, 6.07) is 19.5. The molecule has 186 valence electrons. The van der Waals surface area contributed by atoms with Crippen LogP contribution >= 0.6 is 0 Å². The summed E-state index contributed by atoms with van der Waals surface area (Å²) in [7, 11) is 0. The Kier molecular flexibility index (Phi) is 4.70. The summed E-state index contributed by atoms with van der Waals surface area (Å²) >= 11 is 0. The molecule has 4 atom stereocenters. The molecular weight excluding hydrogens is 464 g/mol. The van der Waals surface area contributed by atoms with Crippen LogP contribution in [0.3, 0.4) is 0 Å². The molecule has 0 aromatic heterocycles. The number of carbonyl (C=O) groups is 2. The van der Waals surface area contributed by atoms with Gasteiger partial charge in [-0.2, -0.15) is 0 Å². The van der Waals surface area contributed by atoms with Gasteiger partial charge in [-0.05, 0) is 31.9 Å². The minimum Gasteiger partial charge on any atom is -0.508 e. The van der Waals surface area contributed by atoms with Gasteiger partial charge in [-0.3, -0.25) is 9.59 Å². The molecule has 1 fully saturated rings. The second-order valence-corrected chi connectivity index (χ2v) is 10.7. The van der Waals surface area contributed by atoms with Crippen molar-refractivity contribution in [2.45, 2.75) is 56.3 Å². The molecule has 7 rings (SSSR count). The fourth-order valence-corrected chi connectivity index (χ4v) is 7.09. The third kappa shape index (κ3) is 2.90. The van der Waals surface area contributed by atoms with Crippen molar-refractivity contribution in [2.75, 3.05) is 0 Å². The van der Waals surface area contributed by atoms with Crippen LogP contribution in [0.5, 0.6) is 5.75 Å². The Labute approximate surface area is 215 Å². The highest BCUT2D eigenvalue weighted by Crippen LogP contribution is 2.57. The first kappa shape index (κ1) is 22.3. The van der Waals surface area contributed by atoms with Crippen molar-refractivity contribution in [3.63, 3.8) is 0 Å². The van der Waals surface area contributed by atoms with E-state index >= 15 is 0 Å². The number of aliphatic hydroxyl groups is 1. The number of hydrogen-bond acceptors (Lipinski definition) is 5. The molecule has 0 unspecified atom stereocenters. The van der Waals surface area contributed by atoms with Crippen molar-refractivity contribution < 1.29 is 19.8 Å². The lowest BCUT2D eigenvalue weighted by atomic mass is 9.74. The highest BCUT2D eigenvalue weighted by atomic mass is 16.3. The highest BCUT2D eigenvalue weighted by Gasteiger charge is 2.61. The second-order valence-electron chi connectivity index (χ2n) is 10.7. The van der Waals surface area contributed by atoms with Crippen molar-refractivity contribution in [2.24, 2.45) is 0 Å². The van der Waals surface area contributed by atoms with Crippen LogP contribution in [0, 0.1) is 6.92 Å². The zero-order valence-electron chi connectivity index (χ0n) is 20.6. The van der Waals surface area contributed by atoms with E-state index in [0.29, 0.717) is 33.5 Å². The standard InChI is InChI=1S/C31H28N2O4/c1-17-14-15-25(34)21(16-17)27-26-28(18-8-2-3-9-19(18)29(26)35)32-23-12-6-7-13-24(23)33-30(36)20-10-4-5-11-22(20)31(27,33)37/h2-5,8-11,14-16,23-24,27,32,34,37H,6-7,12-13H2,1H3/t23-,24-,27+,31+/m1/s1. The first-order valence-electron chi connectivity index (χ1n) is 13.0. The molecule has 2 heterocycles. The first-order valence-corrected chi connectivity index (χ1v) is 13.0. The predicted octanol–water partition coefficient (Wildman–Crippen LogP) is 4.61. The Morgan fingerprint density at radius 2 is 1.62 bits per heavy atom. The van der Waals surface area contributed by atoms with Crippen molar-refractivity contribution >= 4 is 17.4 Å². The number of benzene rings is 3. The Morgan fingerprint density at radius 3 is 2.43 bits per heavy atom. The summed E-state index contributed by atoms with van der Waals surface area (Å²) in [4.78, 5) is 29.8. The summed E-state index contributed by atoms with van der Waals surface area (Å²) in [5.41, 5.74) is 2.86. The number of fused-ring (bicyclic) bond motifs is 7. The summed E-state index contributed by atoms with van der Waals surface area (Å²) in [5.74, 6) is -1.44. The summed E-state index contributed by atoms with van der Waals surface area (Å²) < 4.78 is 0. The number of hydrogen-bond donors (Lipinski definition) is 3. The van der Waals surface area contributed by atoms with Crippen LogP contribution in [-0.2, 0) is 5.72 Å². The number of carbonyl (C=O) groups excluding carboxylic acids is 2. The van der Waals surface area contributed by atoms with Gasteiger partial charge in [0.25, 0.3) is 5.91 Å². The van der Waals surface area contributed by atoms with Crippen LogP contribution in [0.4, 0.5) is 0 Å². The lowest BCUT2D eigenvalue weighted by Gasteiger charge is -2.50. The van der Waals surface area contributed by atoms with Gasteiger partial charge in [-0.1, -0.05) is 73.0 Å². The first-order chi connectivity index (χ1) is 17.9. The minimum atomic E-state index is -1.85. The average molecular weight is 493 g/mol. The molecule has 3 aromatic carbocycles. The van der Waals surface area contributed by atoms with E-state index in [1.165, 1.54) is 0 Å². The number of rotatable bonds is 1. The third-order valence-corrected chi connectivity index (χ3v) is 8.67. The number of nitrogens with zero attached hydrogens (tertiary/aromatic N) is 1. The number of Topliss-reactive ketones (excluding diaryl/α,β-unsaturated/α-hetero) is 1. The molecule has 3 aromatic rings. The van der Waals surface area contributed by atoms with Crippen LogP contribution in [0.2, 0.25) is 0 Å². The largest absolute Gasteiger partial charge is 0.508 e. The lowest BCUT2D eigenvalue weighted by Crippen LogP contribution is -2.61. The molecule has 6 nitrogen and oxygen atoms in total. The number of ketones is 1. The third-order valence-electron chi connectivity index (χ3n) is 8.67. The highest BCUT2D eigenvalue weighted by molar-refractivity contribution is 6.21. The van der Waals surface area contributed by atoms with Crippen LogP contribution < -0.4 is 5.32 Å². The summed E-state index contributed by atoms with van der Waals surface area (Å²) in [6.45, 7) is 1.91. The van der Waals surface area contributed by atoms with E-state index in [4.69, 9.17) is 0 Å². The number of nitrogens with one attached hydrogen (secondary N) is 1. The average Bonchev–Trinajstić information content (AvgIpc) is 3.30. The van der Waals surface area contributed by atoms with Gasteiger partial charge in [0.15, 0.2) is 11.5 Å². The van der Waals surface area contributed by atoms with Gasteiger partial charge >= 0.3 is 0 Å². The van der Waals surface area contributed by atoms with Crippen LogP contribution in [0.15, 0.2) is 72.3 Å². The number of phenolic OH excluding ortho intramolecular Hbond substituents is 1. The Morgan fingerprint density at radius 1 is 0.919 bits per heavy atom. The van der Waals surface area contributed by atoms with Gasteiger partial charge in [0.2, 0.25) is 0 Å². The van der Waals surface area contributed by atoms with Gasteiger partial charge in [0.1, 0.15) is 5.75 Å². The number of phenols is 1. The fraction of sp³-hybridized carbons (Fsp3) is 0.290. The molecule has 37 heavy (non-hydrogen) atoms. The maximum Gasteiger partial charge on any atom is 0.257 e. The van der Waals surface area contributed by atoms with Crippen molar-refractivity contribution in [3.8, 4) is 5.75 Å². The maximum atomic E-state index is 14.2. The quantitative estimate of drug-likeness (QED) is 0.462. The number of aromatic hydroxyl groups is 1. The van der Waals surface area contributed by atoms with E-state index < -0.39 is 11.6 Å². The molecule has 1 amide bonds. The second kappa shape index (κ2) is 7.80. The van der Waals surface area contributed by atoms with Crippen LogP contribution in [0.25, 0.3) is 5.70 Å². The Hall–Kier alpha value is -3.90. The van der Waals surface area contributed by atoms with Gasteiger partial charge in [-0.15, -0.1) is 0 Å². The molecule has 1 saturated carbocycles. The molecule has 2 aliphatic heterocycles. The molecule has 6 heteroatoms. The van der Waals surface area contributed by atoms with Crippen molar-refractivity contribution in [3.05, 3.63) is 106 Å². The van der Waals surface area contributed by atoms with Crippen molar-refractivity contribution in [1.29, 1.82) is 0 Å². The van der Waals surface area contributed by atoms with Gasteiger partial charge in [0, 0.05) is 39.4 Å². The summed E-state index contributed by atoms with van der Waals surface area (Å²) in [5, 5.41) is 27.9. The smallest absolute Gasteiger partial charge is 0.257 e. The molecule has 3 N–H and O–H groups in total.